The summed E-state index contributed by atoms with van der Waals surface area (Å²) in [6.45, 7) is 4.06. The van der Waals surface area contributed by atoms with E-state index in [1.54, 1.807) is 0 Å². The molecule has 0 saturated heterocycles. The molecule has 15 heavy (non-hydrogen) atoms. The summed E-state index contributed by atoms with van der Waals surface area (Å²) in [6, 6.07) is 14.3. The first-order valence-corrected chi connectivity index (χ1v) is 4.95. The minimum absolute atomic E-state index is 1.02. The third kappa shape index (κ3) is 1.20. The molecule has 1 heterocycles. The SMILES string of the molecule is [CH2]c1cccc2ncc3ccccc3c12. The van der Waals surface area contributed by atoms with Crippen molar-refractivity contribution in [3.05, 3.63) is 61.1 Å². The molecule has 0 amide bonds. The normalized spacial score (nSPS) is 11.0. The highest BCUT2D eigenvalue weighted by atomic mass is 14.6. The van der Waals surface area contributed by atoms with E-state index in [0.717, 1.165) is 16.5 Å². The molecule has 0 N–H and O–H groups in total. The second kappa shape index (κ2) is 3.06. The minimum atomic E-state index is 1.02. The number of hydrogen-bond acceptors (Lipinski definition) is 1. The van der Waals surface area contributed by atoms with Crippen LogP contribution < -0.4 is 0 Å². The molecule has 0 unspecified atom stereocenters. The molecule has 71 valence electrons. The van der Waals surface area contributed by atoms with E-state index in [1.807, 2.05) is 36.5 Å². The highest BCUT2D eigenvalue weighted by Crippen LogP contribution is 2.25. The average molecular weight is 192 g/mol. The van der Waals surface area contributed by atoms with Gasteiger partial charge in [-0.15, -0.1) is 0 Å². The van der Waals surface area contributed by atoms with Gasteiger partial charge < -0.3 is 0 Å². The number of fused-ring (bicyclic) bond motifs is 3. The van der Waals surface area contributed by atoms with Gasteiger partial charge in [0.05, 0.1) is 5.52 Å². The molecule has 3 rings (SSSR count). The number of aromatic nitrogens is 1. The third-order valence-electron chi connectivity index (χ3n) is 2.70. The highest BCUT2D eigenvalue weighted by Gasteiger charge is 2.02. The predicted molar refractivity (Wildman–Crippen MR) is 63.7 cm³/mol. The molecule has 3 aromatic rings. The van der Waals surface area contributed by atoms with Gasteiger partial charge in [0.2, 0.25) is 0 Å². The van der Waals surface area contributed by atoms with Gasteiger partial charge in [-0.25, -0.2) is 0 Å². The van der Waals surface area contributed by atoms with Crippen molar-refractivity contribution in [2.45, 2.75) is 0 Å². The van der Waals surface area contributed by atoms with E-state index >= 15 is 0 Å². The Labute approximate surface area is 88.4 Å². The summed E-state index contributed by atoms with van der Waals surface area (Å²) in [7, 11) is 0. The summed E-state index contributed by atoms with van der Waals surface area (Å²) in [4.78, 5) is 4.43. The lowest BCUT2D eigenvalue weighted by atomic mass is 10.0. The molecule has 0 saturated carbocycles. The smallest absolute Gasteiger partial charge is 0.0711 e. The van der Waals surface area contributed by atoms with Crippen LogP contribution in [-0.4, -0.2) is 4.98 Å². The van der Waals surface area contributed by atoms with Crippen molar-refractivity contribution in [3.8, 4) is 0 Å². The van der Waals surface area contributed by atoms with E-state index in [-0.39, 0.29) is 0 Å². The van der Waals surface area contributed by atoms with Crippen molar-refractivity contribution in [1.82, 2.24) is 4.98 Å². The fourth-order valence-corrected chi connectivity index (χ4v) is 1.98. The van der Waals surface area contributed by atoms with Crippen LogP contribution in [0.25, 0.3) is 21.7 Å². The Kier molecular flexibility index (Phi) is 1.72. The van der Waals surface area contributed by atoms with Gasteiger partial charge in [0, 0.05) is 17.0 Å². The van der Waals surface area contributed by atoms with Crippen LogP contribution in [0.4, 0.5) is 0 Å². The number of hydrogen-bond donors (Lipinski definition) is 0. The molecule has 1 aromatic heterocycles. The molecule has 0 aliphatic rings. The van der Waals surface area contributed by atoms with E-state index in [9.17, 15) is 0 Å². The first-order valence-electron chi connectivity index (χ1n) is 4.95. The van der Waals surface area contributed by atoms with Gasteiger partial charge in [-0.05, 0) is 23.9 Å². The molecule has 0 bridgehead atoms. The Morgan fingerprint density at radius 3 is 2.73 bits per heavy atom. The van der Waals surface area contributed by atoms with Crippen LogP contribution in [-0.2, 0) is 0 Å². The van der Waals surface area contributed by atoms with Gasteiger partial charge in [-0.2, -0.15) is 0 Å². The number of pyridine rings is 1. The molecule has 2 aromatic carbocycles. The lowest BCUT2D eigenvalue weighted by molar-refractivity contribution is 1.44. The molecular formula is C14H10N. The van der Waals surface area contributed by atoms with Gasteiger partial charge in [0.25, 0.3) is 0 Å². The van der Waals surface area contributed by atoms with Crippen molar-refractivity contribution in [3.63, 3.8) is 0 Å². The summed E-state index contributed by atoms with van der Waals surface area (Å²) in [5.41, 5.74) is 2.05. The van der Waals surface area contributed by atoms with Crippen LogP contribution in [0.3, 0.4) is 0 Å². The standard InChI is InChI=1S/C14H10N/c1-10-5-4-8-13-14(10)12-7-3-2-6-11(12)9-15-13/h2-9H,1H2. The maximum absolute atomic E-state index is 4.43. The monoisotopic (exact) mass is 192 g/mol. The summed E-state index contributed by atoms with van der Waals surface area (Å²) in [6.07, 6.45) is 1.91. The van der Waals surface area contributed by atoms with Crippen LogP contribution in [0.5, 0.6) is 0 Å². The van der Waals surface area contributed by atoms with E-state index in [4.69, 9.17) is 0 Å². The summed E-state index contributed by atoms with van der Waals surface area (Å²) >= 11 is 0. The Morgan fingerprint density at radius 2 is 1.80 bits per heavy atom. The van der Waals surface area contributed by atoms with Crippen molar-refractivity contribution in [2.75, 3.05) is 0 Å². The number of nitrogens with zero attached hydrogens (tertiary/aromatic N) is 1. The Balaban J connectivity index is 2.64. The fourth-order valence-electron chi connectivity index (χ4n) is 1.98. The summed E-state index contributed by atoms with van der Waals surface area (Å²) in [5, 5.41) is 3.56. The molecule has 0 fully saturated rings. The largest absolute Gasteiger partial charge is 0.256 e. The Bertz CT molecular complexity index is 641. The zero-order valence-corrected chi connectivity index (χ0v) is 8.27. The third-order valence-corrected chi connectivity index (χ3v) is 2.70. The fraction of sp³-hybridized carbons (Fsp3) is 0. The van der Waals surface area contributed by atoms with Gasteiger partial charge in [-0.1, -0.05) is 36.4 Å². The van der Waals surface area contributed by atoms with E-state index in [2.05, 4.69) is 24.0 Å². The topological polar surface area (TPSA) is 12.9 Å². The maximum Gasteiger partial charge on any atom is 0.0711 e. The zero-order valence-electron chi connectivity index (χ0n) is 8.27. The molecule has 0 spiro atoms. The molecular weight excluding hydrogens is 182 g/mol. The van der Waals surface area contributed by atoms with Gasteiger partial charge in [0.1, 0.15) is 0 Å². The lowest BCUT2D eigenvalue weighted by Gasteiger charge is -2.05. The summed E-state index contributed by atoms with van der Waals surface area (Å²) in [5.74, 6) is 0. The molecule has 0 aliphatic carbocycles. The number of rotatable bonds is 0. The maximum atomic E-state index is 4.43. The average Bonchev–Trinajstić information content (AvgIpc) is 2.29. The summed E-state index contributed by atoms with van der Waals surface area (Å²) < 4.78 is 0. The second-order valence-electron chi connectivity index (χ2n) is 3.66. The molecule has 1 radical (unpaired) electrons. The zero-order chi connectivity index (χ0) is 10.3. The van der Waals surface area contributed by atoms with Crippen LogP contribution in [0.1, 0.15) is 5.56 Å². The van der Waals surface area contributed by atoms with Gasteiger partial charge >= 0.3 is 0 Å². The van der Waals surface area contributed by atoms with E-state index in [0.29, 0.717) is 0 Å². The van der Waals surface area contributed by atoms with Crippen molar-refractivity contribution in [2.24, 2.45) is 0 Å². The first kappa shape index (κ1) is 8.42. The minimum Gasteiger partial charge on any atom is -0.256 e. The Morgan fingerprint density at radius 1 is 0.933 bits per heavy atom. The van der Waals surface area contributed by atoms with E-state index in [1.165, 1.54) is 10.8 Å². The number of benzene rings is 2. The van der Waals surface area contributed by atoms with Crippen LogP contribution in [0.2, 0.25) is 0 Å². The first-order chi connectivity index (χ1) is 7.36. The predicted octanol–water partition coefficient (Wildman–Crippen LogP) is 3.57. The lowest BCUT2D eigenvalue weighted by Crippen LogP contribution is -1.84. The quantitative estimate of drug-likeness (QED) is 0.496. The van der Waals surface area contributed by atoms with Crippen LogP contribution >= 0.6 is 0 Å². The van der Waals surface area contributed by atoms with E-state index < -0.39 is 0 Å². The van der Waals surface area contributed by atoms with Crippen molar-refractivity contribution in [1.29, 1.82) is 0 Å². The van der Waals surface area contributed by atoms with Crippen molar-refractivity contribution >= 4 is 21.7 Å². The molecule has 0 atom stereocenters. The Hall–Kier alpha value is -1.89. The highest BCUT2D eigenvalue weighted by molar-refractivity contribution is 6.07. The molecule has 0 aliphatic heterocycles. The van der Waals surface area contributed by atoms with Crippen LogP contribution in [0, 0.1) is 6.92 Å². The molecule has 1 heteroatoms. The van der Waals surface area contributed by atoms with Crippen molar-refractivity contribution < 1.29 is 0 Å². The second-order valence-corrected chi connectivity index (χ2v) is 3.66. The van der Waals surface area contributed by atoms with Gasteiger partial charge in [-0.3, -0.25) is 4.98 Å². The van der Waals surface area contributed by atoms with Gasteiger partial charge in [0.15, 0.2) is 0 Å². The molecule has 1 nitrogen and oxygen atoms in total. The van der Waals surface area contributed by atoms with Crippen LogP contribution in [0.15, 0.2) is 48.7 Å².